The minimum Gasteiger partial charge on any atom is -0.495 e. The maximum atomic E-state index is 12.8. The van der Waals surface area contributed by atoms with Gasteiger partial charge in [-0.1, -0.05) is 41.5 Å². The number of methoxy groups -OCH3 is 1. The fourth-order valence-corrected chi connectivity index (χ4v) is 4.07. The molecule has 6 heteroatoms. The van der Waals surface area contributed by atoms with Gasteiger partial charge in [0.05, 0.1) is 18.4 Å². The van der Waals surface area contributed by atoms with Gasteiger partial charge in [0.25, 0.3) is 5.91 Å². The molecule has 148 valence electrons. The Morgan fingerprint density at radius 2 is 1.77 bits per heavy atom. The van der Waals surface area contributed by atoms with Crippen molar-refractivity contribution in [3.8, 4) is 29.6 Å². The van der Waals surface area contributed by atoms with Gasteiger partial charge in [-0.3, -0.25) is 4.79 Å². The third-order valence-electron chi connectivity index (χ3n) is 4.41. The zero-order chi connectivity index (χ0) is 20.9. The first kappa shape index (κ1) is 19.5. The molecule has 0 saturated heterocycles. The van der Waals surface area contributed by atoms with Crippen molar-refractivity contribution in [3.05, 3.63) is 83.2 Å². The first-order valence-electron chi connectivity index (χ1n) is 9.21. The smallest absolute Gasteiger partial charge is 0.279 e. The number of amides is 1. The summed E-state index contributed by atoms with van der Waals surface area (Å²) in [6.07, 6.45) is 5.55. The van der Waals surface area contributed by atoms with Crippen LogP contribution in [0.4, 0.5) is 0 Å². The molecule has 3 aromatic carbocycles. The van der Waals surface area contributed by atoms with Gasteiger partial charge in [0.15, 0.2) is 4.80 Å². The van der Waals surface area contributed by atoms with Crippen LogP contribution in [0.2, 0.25) is 0 Å². The van der Waals surface area contributed by atoms with E-state index in [1.807, 2.05) is 53.1 Å². The molecule has 4 rings (SSSR count). The van der Waals surface area contributed by atoms with Crippen LogP contribution in [-0.4, -0.2) is 17.6 Å². The van der Waals surface area contributed by atoms with Gasteiger partial charge in [-0.05, 0) is 48.5 Å². The first-order valence-corrected chi connectivity index (χ1v) is 10.0. The van der Waals surface area contributed by atoms with Crippen molar-refractivity contribution in [2.45, 2.75) is 6.54 Å². The first-order chi connectivity index (χ1) is 14.7. The number of carbonyl (C=O) groups excluding carboxylic acids is 1. The number of ether oxygens (including phenoxy) is 2. The van der Waals surface area contributed by atoms with E-state index < -0.39 is 0 Å². The molecule has 0 N–H and O–H groups in total. The largest absolute Gasteiger partial charge is 0.495 e. The Morgan fingerprint density at radius 1 is 1.03 bits per heavy atom. The standard InChI is InChI=1S/C24H18N2O3S/c1-3-16-26-22-20(28-2)10-7-11-21(22)30-24(26)25-23(27)17-12-14-19(15-13-17)29-18-8-5-4-6-9-18/h1,4-15H,16H2,2H3. The number of hydrogen-bond acceptors (Lipinski definition) is 4. The van der Waals surface area contributed by atoms with E-state index in [4.69, 9.17) is 15.9 Å². The molecular formula is C24H18N2O3S. The van der Waals surface area contributed by atoms with Crippen LogP contribution in [0.5, 0.6) is 17.2 Å². The lowest BCUT2D eigenvalue weighted by atomic mass is 10.2. The highest BCUT2D eigenvalue weighted by atomic mass is 32.1. The summed E-state index contributed by atoms with van der Waals surface area (Å²) in [5.41, 5.74) is 1.30. The highest BCUT2D eigenvalue weighted by Crippen LogP contribution is 2.27. The van der Waals surface area contributed by atoms with E-state index in [1.165, 1.54) is 11.3 Å². The number of terminal acetylenes is 1. The molecule has 0 radical (unpaired) electrons. The fourth-order valence-electron chi connectivity index (χ4n) is 3.03. The summed E-state index contributed by atoms with van der Waals surface area (Å²) >= 11 is 1.40. The molecule has 1 heterocycles. The average Bonchev–Trinajstić information content (AvgIpc) is 3.12. The van der Waals surface area contributed by atoms with Crippen LogP contribution in [0.15, 0.2) is 77.8 Å². The number of nitrogens with zero attached hydrogens (tertiary/aromatic N) is 2. The summed E-state index contributed by atoms with van der Waals surface area (Å²) in [4.78, 5) is 17.6. The normalized spacial score (nSPS) is 11.3. The Labute approximate surface area is 177 Å². The Bertz CT molecular complexity index is 1300. The number of hydrogen-bond donors (Lipinski definition) is 0. The second-order valence-electron chi connectivity index (χ2n) is 6.34. The molecule has 0 fully saturated rings. The number of benzene rings is 3. The number of aromatic nitrogens is 1. The number of thiazole rings is 1. The summed E-state index contributed by atoms with van der Waals surface area (Å²) in [5, 5.41) is 0. The average molecular weight is 414 g/mol. The van der Waals surface area contributed by atoms with Gasteiger partial charge in [-0.2, -0.15) is 4.99 Å². The molecular weight excluding hydrogens is 396 g/mol. The summed E-state index contributed by atoms with van der Waals surface area (Å²) in [6.45, 7) is 0.288. The van der Waals surface area contributed by atoms with Gasteiger partial charge in [0.1, 0.15) is 22.8 Å². The quantitative estimate of drug-likeness (QED) is 0.438. The summed E-state index contributed by atoms with van der Waals surface area (Å²) in [6, 6.07) is 22.1. The van der Waals surface area contributed by atoms with E-state index in [2.05, 4.69) is 10.9 Å². The Hall–Kier alpha value is -3.82. The highest BCUT2D eigenvalue weighted by molar-refractivity contribution is 7.16. The molecule has 0 unspecified atom stereocenters. The molecule has 0 aliphatic carbocycles. The molecule has 0 spiro atoms. The topological polar surface area (TPSA) is 52.8 Å². The van der Waals surface area contributed by atoms with Crippen molar-refractivity contribution in [2.75, 3.05) is 7.11 Å². The van der Waals surface area contributed by atoms with Crippen LogP contribution in [0, 0.1) is 12.3 Å². The summed E-state index contributed by atoms with van der Waals surface area (Å²) < 4.78 is 14.0. The SMILES string of the molecule is C#CCn1c(=NC(=O)c2ccc(Oc3ccccc3)cc2)sc2cccc(OC)c21. The van der Waals surface area contributed by atoms with Crippen molar-refractivity contribution < 1.29 is 14.3 Å². The van der Waals surface area contributed by atoms with Crippen molar-refractivity contribution in [3.63, 3.8) is 0 Å². The van der Waals surface area contributed by atoms with Crippen molar-refractivity contribution in [1.29, 1.82) is 0 Å². The molecule has 4 aromatic rings. The second-order valence-corrected chi connectivity index (χ2v) is 7.35. The van der Waals surface area contributed by atoms with E-state index in [1.54, 1.807) is 31.4 Å². The Balaban J connectivity index is 1.66. The van der Waals surface area contributed by atoms with Crippen LogP contribution in [-0.2, 0) is 6.54 Å². The van der Waals surface area contributed by atoms with Crippen LogP contribution < -0.4 is 14.3 Å². The zero-order valence-corrected chi connectivity index (χ0v) is 17.1. The molecule has 0 bridgehead atoms. The van der Waals surface area contributed by atoms with E-state index in [0.717, 1.165) is 16.0 Å². The van der Waals surface area contributed by atoms with Gasteiger partial charge in [0, 0.05) is 5.56 Å². The Kier molecular flexibility index (Phi) is 5.64. The van der Waals surface area contributed by atoms with Crippen molar-refractivity contribution in [2.24, 2.45) is 4.99 Å². The van der Waals surface area contributed by atoms with Gasteiger partial charge < -0.3 is 14.0 Å². The number of para-hydroxylation sites is 2. The maximum Gasteiger partial charge on any atom is 0.279 e. The second kappa shape index (κ2) is 8.68. The molecule has 1 aromatic heterocycles. The molecule has 0 aliphatic heterocycles. The number of rotatable bonds is 5. The third kappa shape index (κ3) is 3.97. The van der Waals surface area contributed by atoms with Crippen LogP contribution in [0.1, 0.15) is 10.4 Å². The predicted octanol–water partition coefficient (Wildman–Crippen LogP) is 4.88. The Morgan fingerprint density at radius 3 is 2.47 bits per heavy atom. The lowest BCUT2D eigenvalue weighted by Crippen LogP contribution is -2.16. The van der Waals surface area contributed by atoms with E-state index in [0.29, 0.717) is 21.9 Å². The minimum absolute atomic E-state index is 0.288. The lowest BCUT2D eigenvalue weighted by Gasteiger charge is -2.06. The molecule has 5 nitrogen and oxygen atoms in total. The lowest BCUT2D eigenvalue weighted by molar-refractivity contribution is 0.0998. The molecule has 0 aliphatic rings. The van der Waals surface area contributed by atoms with E-state index >= 15 is 0 Å². The van der Waals surface area contributed by atoms with Crippen molar-refractivity contribution in [1.82, 2.24) is 4.57 Å². The number of carbonyl (C=O) groups is 1. The summed E-state index contributed by atoms with van der Waals surface area (Å²) in [5.74, 6) is 4.34. The molecule has 0 saturated carbocycles. The minimum atomic E-state index is -0.349. The van der Waals surface area contributed by atoms with Gasteiger partial charge in [0.2, 0.25) is 0 Å². The van der Waals surface area contributed by atoms with Crippen LogP contribution >= 0.6 is 11.3 Å². The number of fused-ring (bicyclic) bond motifs is 1. The molecule has 0 atom stereocenters. The third-order valence-corrected chi connectivity index (χ3v) is 5.45. The van der Waals surface area contributed by atoms with E-state index in [-0.39, 0.29) is 12.5 Å². The zero-order valence-electron chi connectivity index (χ0n) is 16.2. The maximum absolute atomic E-state index is 12.8. The fraction of sp³-hybridized carbons (Fsp3) is 0.0833. The highest BCUT2D eigenvalue weighted by Gasteiger charge is 2.12. The summed E-state index contributed by atoms with van der Waals surface area (Å²) in [7, 11) is 1.60. The van der Waals surface area contributed by atoms with Gasteiger partial charge >= 0.3 is 0 Å². The van der Waals surface area contributed by atoms with Crippen LogP contribution in [0.3, 0.4) is 0 Å². The van der Waals surface area contributed by atoms with Crippen molar-refractivity contribution >= 4 is 27.5 Å². The monoisotopic (exact) mass is 414 g/mol. The van der Waals surface area contributed by atoms with Crippen LogP contribution in [0.25, 0.3) is 10.2 Å². The van der Waals surface area contributed by atoms with Gasteiger partial charge in [-0.25, -0.2) is 0 Å². The van der Waals surface area contributed by atoms with E-state index in [9.17, 15) is 4.79 Å². The molecule has 1 amide bonds. The van der Waals surface area contributed by atoms with Gasteiger partial charge in [-0.15, -0.1) is 6.42 Å². The predicted molar refractivity (Wildman–Crippen MR) is 118 cm³/mol. The molecule has 30 heavy (non-hydrogen) atoms.